The maximum atomic E-state index is 15.2. The molecule has 0 aromatic heterocycles. The molecule has 0 radical (unpaired) electrons. The number of fused-ring (bicyclic) bond motifs is 4. The van der Waals surface area contributed by atoms with E-state index in [1.807, 2.05) is 13.1 Å². The van der Waals surface area contributed by atoms with E-state index in [1.54, 1.807) is 30.3 Å². The Hall–Kier alpha value is -7.34. The molecule has 11 rings (SSSR count). The van der Waals surface area contributed by atoms with Crippen molar-refractivity contribution in [1.29, 1.82) is 0 Å². The van der Waals surface area contributed by atoms with Crippen molar-refractivity contribution in [1.82, 2.24) is 0 Å². The molecule has 0 spiro atoms. The van der Waals surface area contributed by atoms with Gasteiger partial charge in [0.2, 0.25) is 0 Å². The molecule has 0 saturated heterocycles. The first-order valence-electron chi connectivity index (χ1n) is 25.3. The fraction of sp³-hybridized carbons (Fsp3) is 0.0909. The topological polar surface area (TPSA) is 0 Å². The number of halogens is 10. The van der Waals surface area contributed by atoms with E-state index >= 15 is 8.78 Å². The van der Waals surface area contributed by atoms with E-state index < -0.39 is 107 Å². The van der Waals surface area contributed by atoms with Gasteiger partial charge in [-0.05, 0) is 0 Å². The van der Waals surface area contributed by atoms with Gasteiger partial charge in [0, 0.05) is 0 Å². The summed E-state index contributed by atoms with van der Waals surface area (Å²) in [7, 11) is -1.54. The van der Waals surface area contributed by atoms with Crippen LogP contribution >= 0.6 is 0 Å². The van der Waals surface area contributed by atoms with Gasteiger partial charge in [-0.25, -0.2) is 0 Å². The molecule has 9 aromatic rings. The van der Waals surface area contributed by atoms with Crippen LogP contribution in [0.25, 0.3) is 42.9 Å². The van der Waals surface area contributed by atoms with E-state index in [0.717, 1.165) is 0 Å². The van der Waals surface area contributed by atoms with Crippen molar-refractivity contribution in [3.05, 3.63) is 294 Å². The zero-order valence-corrected chi connectivity index (χ0v) is 46.4. The van der Waals surface area contributed by atoms with Crippen molar-refractivity contribution in [2.24, 2.45) is 5.92 Å². The molecular weight excluding hydrogens is 1110 g/mol. The van der Waals surface area contributed by atoms with Gasteiger partial charge < -0.3 is 0 Å². The van der Waals surface area contributed by atoms with Crippen LogP contribution < -0.4 is 10.7 Å². The third kappa shape index (κ3) is 10.4. The third-order valence-electron chi connectivity index (χ3n) is 14.3. The van der Waals surface area contributed by atoms with Gasteiger partial charge in [0.1, 0.15) is 0 Å². The van der Waals surface area contributed by atoms with Crippen molar-refractivity contribution in [2.45, 2.75) is 30.6 Å². The van der Waals surface area contributed by atoms with Crippen LogP contribution in [0.4, 0.5) is 43.9 Å². The van der Waals surface area contributed by atoms with Crippen LogP contribution in [-0.4, -0.2) is 20.8 Å². The van der Waals surface area contributed by atoms with Gasteiger partial charge in [0.25, 0.3) is 0 Å². The Bertz CT molecular complexity index is 4080. The Kier molecular flexibility index (Phi) is 16.1. The fourth-order valence-corrected chi connectivity index (χ4v) is 16.2. The maximum absolute atomic E-state index is 15.2. The van der Waals surface area contributed by atoms with E-state index in [4.69, 9.17) is 0 Å². The first-order chi connectivity index (χ1) is 38.1. The molecule has 0 heterocycles. The third-order valence-corrected chi connectivity index (χ3v) is 20.4. The molecule has 0 bridgehead atoms. The Morgan fingerprint density at radius 2 is 1.00 bits per heavy atom. The Labute approximate surface area is 464 Å². The standard InChI is InChI=1S/C28H15BF10Si.C28H21.C10H9.Zr/c1-9-13(16-19(30)23(34)27(38)24(35)20(16)31)15-12(40(2)3)8-10-6-4-5-7-11(10)14(15)17(9)29-18-21(32)25(36)28(39)26(37)22(18)33;1-5-13-23(14-6-1)21-27(25-17-9-3-10-18-25)28(26-19-11-4-12-20-26)22-24-15-7-2-8-16-24;1-8-6-9-4-2-3-5-10(9)7-8;/h4-9H,1-3H3;1-21H;2-7H,1H3;. The summed E-state index contributed by atoms with van der Waals surface area (Å²) in [6.07, 6.45) is 4.79. The molecule has 390 valence electrons. The predicted octanol–water partition coefficient (Wildman–Crippen LogP) is 16.3. The zero-order valence-electron chi connectivity index (χ0n) is 42.9. The average molecular weight is 1160 g/mol. The second-order valence-corrected chi connectivity index (χ2v) is 25.4. The van der Waals surface area contributed by atoms with Crippen molar-refractivity contribution in [3.63, 3.8) is 0 Å². The number of rotatable bonds is 9. The monoisotopic (exact) mass is 1160 g/mol. The molecule has 2 aliphatic carbocycles. The minimum atomic E-state index is -2.37. The van der Waals surface area contributed by atoms with Crippen LogP contribution in [0, 0.1) is 68.9 Å². The molecule has 0 saturated carbocycles. The van der Waals surface area contributed by atoms with Gasteiger partial charge >= 0.3 is 467 Å². The molecule has 0 amide bonds. The van der Waals surface area contributed by atoms with E-state index in [1.165, 1.54) is 60.3 Å². The molecule has 2 aliphatic rings. The molecule has 0 fully saturated rings. The second kappa shape index (κ2) is 23.2. The number of benzene rings is 9. The molecule has 0 N–H and O–H groups in total. The molecular formula is C66H45BF10SiZr. The summed E-state index contributed by atoms with van der Waals surface area (Å²) < 4.78 is 146. The van der Waals surface area contributed by atoms with Crippen molar-refractivity contribution in [3.8, 4) is 0 Å². The molecule has 79 heavy (non-hydrogen) atoms. The molecule has 13 heteroatoms. The first-order valence-corrected chi connectivity index (χ1v) is 30.4. The number of allylic oxidation sites excluding steroid dienone is 3. The van der Waals surface area contributed by atoms with Gasteiger partial charge in [-0.2, -0.15) is 0 Å². The number of hydrogen-bond acceptors (Lipinski definition) is 0. The summed E-state index contributed by atoms with van der Waals surface area (Å²) in [5.74, 6) is -23.3. The normalized spacial score (nSPS) is 15.5. The van der Waals surface area contributed by atoms with Crippen molar-refractivity contribution < 1.29 is 67.1 Å². The molecule has 2 atom stereocenters. The molecule has 0 nitrogen and oxygen atoms in total. The van der Waals surface area contributed by atoms with Gasteiger partial charge in [-0.1, -0.05) is 0 Å². The first kappa shape index (κ1) is 55.0. The van der Waals surface area contributed by atoms with E-state index in [2.05, 4.69) is 165 Å². The Morgan fingerprint density at radius 3 is 1.58 bits per heavy atom. The number of hydrogen-bond donors (Lipinski definition) is 0. The molecule has 0 aliphatic heterocycles. The van der Waals surface area contributed by atoms with E-state index in [0.29, 0.717) is 26.1 Å². The van der Waals surface area contributed by atoms with Gasteiger partial charge in [0.15, 0.2) is 0 Å². The average Bonchev–Trinajstić information content (AvgIpc) is 4.14. The summed E-state index contributed by atoms with van der Waals surface area (Å²) in [4.78, 5) is 0.505. The van der Waals surface area contributed by atoms with Crippen LogP contribution in [0.5, 0.6) is 0 Å². The zero-order chi connectivity index (χ0) is 55.8. The van der Waals surface area contributed by atoms with Crippen LogP contribution in [0.2, 0.25) is 13.1 Å². The van der Waals surface area contributed by atoms with Crippen LogP contribution in [-0.2, 0) is 23.2 Å². The minimum absolute atomic E-state index is 0.0865. The van der Waals surface area contributed by atoms with Crippen LogP contribution in [0.15, 0.2) is 181 Å². The van der Waals surface area contributed by atoms with Crippen molar-refractivity contribution in [2.75, 3.05) is 0 Å². The summed E-state index contributed by atoms with van der Waals surface area (Å²) in [5.41, 5.74) is 9.20. The predicted molar refractivity (Wildman–Crippen MR) is 297 cm³/mol. The second-order valence-electron chi connectivity index (χ2n) is 19.5. The fourth-order valence-electron chi connectivity index (χ4n) is 10.6. The van der Waals surface area contributed by atoms with Crippen molar-refractivity contribution >= 4 is 69.2 Å². The Balaban J connectivity index is 0.000000178. The van der Waals surface area contributed by atoms with E-state index in [9.17, 15) is 35.1 Å². The van der Waals surface area contributed by atoms with Crippen LogP contribution in [0.1, 0.15) is 62.0 Å². The van der Waals surface area contributed by atoms with Crippen LogP contribution in [0.3, 0.4) is 0 Å². The summed E-state index contributed by atoms with van der Waals surface area (Å²) >= 11 is -1.20. The molecule has 2 unspecified atom stereocenters. The SMILES string of the molecule is CC1=Cc2ccccc2[CH]1[Zr][C](=C(C(=Cc1ccccc1)c1ccccc1)c1ccccc1)c1ccccc1.CC1C(=Bc2c(F)c(F)c(F)c(F)c2F)c2c(c(=[Si](C)C)cc3ccccc23)=C1c1c(F)c(F)c(F)c(F)c1F. The summed E-state index contributed by atoms with van der Waals surface area (Å²) in [6.45, 7) is 7.91. The van der Waals surface area contributed by atoms with E-state index in [-0.39, 0.29) is 21.8 Å². The summed E-state index contributed by atoms with van der Waals surface area (Å²) in [6, 6.07) is 61.0. The van der Waals surface area contributed by atoms with Gasteiger partial charge in [0.05, 0.1) is 0 Å². The molecule has 9 aromatic carbocycles. The van der Waals surface area contributed by atoms with Gasteiger partial charge in [-0.15, -0.1) is 0 Å². The Morgan fingerprint density at radius 1 is 0.519 bits per heavy atom. The van der Waals surface area contributed by atoms with Gasteiger partial charge in [-0.3, -0.25) is 0 Å². The summed E-state index contributed by atoms with van der Waals surface area (Å²) in [5, 5.41) is 1.05. The quantitative estimate of drug-likeness (QED) is 0.0337.